The van der Waals surface area contributed by atoms with Crippen LogP contribution < -0.4 is 0 Å². The number of fused-ring (bicyclic) bond motifs is 1. The Hall–Kier alpha value is -5.00. The van der Waals surface area contributed by atoms with Crippen molar-refractivity contribution in [1.82, 2.24) is 24.7 Å². The second kappa shape index (κ2) is 7.30. The number of non-ortho nitro benzene ring substituents is 1. The molecule has 0 unspecified atom stereocenters. The molecule has 0 radical (unpaired) electrons. The zero-order valence-corrected chi connectivity index (χ0v) is 16.9. The molecule has 0 bridgehead atoms. The van der Waals surface area contributed by atoms with Gasteiger partial charge in [0.2, 0.25) is 11.7 Å². The Morgan fingerprint density at radius 2 is 2.03 bits per heavy atom. The monoisotopic (exact) mass is 446 g/mol. The van der Waals surface area contributed by atoms with Crippen molar-refractivity contribution in [1.29, 1.82) is 0 Å². The number of furan rings is 1. The molecule has 0 aliphatic heterocycles. The quantitative estimate of drug-likeness (QED) is 0.208. The van der Waals surface area contributed by atoms with Crippen molar-refractivity contribution in [2.45, 2.75) is 6.92 Å². The Morgan fingerprint density at radius 3 is 2.76 bits per heavy atom. The van der Waals surface area contributed by atoms with Gasteiger partial charge in [0.1, 0.15) is 12.1 Å². The third kappa shape index (κ3) is 3.08. The largest absolute Gasteiger partial charge is 0.503 e. The van der Waals surface area contributed by atoms with Crippen molar-refractivity contribution in [3.8, 4) is 28.7 Å². The topological polar surface area (TPSA) is 173 Å². The van der Waals surface area contributed by atoms with E-state index in [0.29, 0.717) is 16.8 Å². The number of rotatable bonds is 5. The van der Waals surface area contributed by atoms with E-state index >= 15 is 0 Å². The van der Waals surface area contributed by atoms with Crippen LogP contribution in [-0.4, -0.2) is 45.7 Å². The molecule has 3 N–H and O–H groups in total. The maximum absolute atomic E-state index is 13.3. The molecule has 5 rings (SSSR count). The van der Waals surface area contributed by atoms with Gasteiger partial charge in [0.25, 0.3) is 5.69 Å². The molecule has 0 amide bonds. The number of benzene rings is 1. The van der Waals surface area contributed by atoms with Crippen molar-refractivity contribution in [2.75, 3.05) is 0 Å². The van der Waals surface area contributed by atoms with Gasteiger partial charge < -0.3 is 14.6 Å². The van der Waals surface area contributed by atoms with Crippen LogP contribution in [0.4, 0.5) is 5.69 Å². The standard InChI is InChI=1S/C21H14N6O6/c1-10-5-6-14(33-10)17(28)15-16(11-3-2-4-12(7-11)27(31)32)26(21(30)18(15)29)20-13-8-24-25-19(13)22-9-23-20/h2-9,29-30H,1H3,(H,22,23,24,25). The number of H-pyrrole nitrogens is 1. The molecule has 0 aliphatic carbocycles. The highest BCUT2D eigenvalue weighted by molar-refractivity contribution is 6.14. The average Bonchev–Trinajstić information content (AvgIpc) is 3.52. The van der Waals surface area contributed by atoms with Crippen molar-refractivity contribution >= 4 is 22.5 Å². The van der Waals surface area contributed by atoms with Gasteiger partial charge in [-0.2, -0.15) is 5.10 Å². The number of nitrogens with zero attached hydrogens (tertiary/aromatic N) is 5. The first kappa shape index (κ1) is 19.9. The minimum Gasteiger partial charge on any atom is -0.503 e. The number of hydrogen-bond donors (Lipinski definition) is 3. The average molecular weight is 446 g/mol. The SMILES string of the molecule is Cc1ccc(C(=O)c2c(O)c(O)n(-c3ncnc4[nH]ncc34)c2-c2cccc([N+](=O)[O-])c2)o1. The lowest BCUT2D eigenvalue weighted by Gasteiger charge is -2.11. The molecule has 12 nitrogen and oxygen atoms in total. The number of hydrogen-bond acceptors (Lipinski definition) is 9. The van der Waals surface area contributed by atoms with E-state index in [1.165, 1.54) is 42.9 Å². The molecule has 0 spiro atoms. The minimum atomic E-state index is -0.731. The van der Waals surface area contributed by atoms with Crippen molar-refractivity contribution < 1.29 is 24.3 Å². The molecule has 4 aromatic heterocycles. The van der Waals surface area contributed by atoms with Crippen LogP contribution >= 0.6 is 0 Å². The van der Waals surface area contributed by atoms with Gasteiger partial charge in [0, 0.05) is 17.7 Å². The number of aromatic hydroxyl groups is 2. The van der Waals surface area contributed by atoms with Crippen molar-refractivity contribution in [3.63, 3.8) is 0 Å². The number of carbonyl (C=O) groups excluding carboxylic acids is 1. The van der Waals surface area contributed by atoms with E-state index in [1.54, 1.807) is 13.0 Å². The highest BCUT2D eigenvalue weighted by atomic mass is 16.6. The second-order valence-corrected chi connectivity index (χ2v) is 7.11. The summed E-state index contributed by atoms with van der Waals surface area (Å²) < 4.78 is 6.54. The van der Waals surface area contributed by atoms with Gasteiger partial charge in [-0.25, -0.2) is 9.97 Å². The highest BCUT2D eigenvalue weighted by Gasteiger charge is 2.32. The van der Waals surface area contributed by atoms with Crippen LogP contribution in [0.1, 0.15) is 21.9 Å². The van der Waals surface area contributed by atoms with E-state index in [9.17, 15) is 25.1 Å². The summed E-state index contributed by atoms with van der Waals surface area (Å²) >= 11 is 0. The molecule has 12 heteroatoms. The van der Waals surface area contributed by atoms with Crippen LogP contribution in [0, 0.1) is 17.0 Å². The summed E-state index contributed by atoms with van der Waals surface area (Å²) in [6.07, 6.45) is 2.62. The van der Waals surface area contributed by atoms with Gasteiger partial charge in [-0.1, -0.05) is 12.1 Å². The lowest BCUT2D eigenvalue weighted by Crippen LogP contribution is -2.06. The van der Waals surface area contributed by atoms with Crippen LogP contribution in [0.25, 0.3) is 28.1 Å². The van der Waals surface area contributed by atoms with Crippen LogP contribution in [0.3, 0.4) is 0 Å². The van der Waals surface area contributed by atoms with Gasteiger partial charge in [-0.3, -0.25) is 24.6 Å². The summed E-state index contributed by atoms with van der Waals surface area (Å²) in [5.74, 6) is -1.67. The van der Waals surface area contributed by atoms with Gasteiger partial charge in [0.05, 0.1) is 27.8 Å². The van der Waals surface area contributed by atoms with Gasteiger partial charge in [-0.15, -0.1) is 0 Å². The Morgan fingerprint density at radius 1 is 1.21 bits per heavy atom. The summed E-state index contributed by atoms with van der Waals surface area (Å²) in [5.41, 5.74) is -0.0528. The molecule has 0 saturated carbocycles. The van der Waals surface area contributed by atoms with E-state index in [2.05, 4.69) is 20.2 Å². The van der Waals surface area contributed by atoms with E-state index < -0.39 is 22.3 Å². The van der Waals surface area contributed by atoms with E-state index in [-0.39, 0.29) is 34.1 Å². The molecule has 5 aromatic rings. The number of aryl methyl sites for hydroxylation is 1. The minimum absolute atomic E-state index is 0.0195. The van der Waals surface area contributed by atoms with Crippen LogP contribution in [-0.2, 0) is 0 Å². The van der Waals surface area contributed by atoms with Crippen LogP contribution in [0.2, 0.25) is 0 Å². The van der Waals surface area contributed by atoms with E-state index in [0.717, 1.165) is 4.57 Å². The van der Waals surface area contributed by atoms with Gasteiger partial charge >= 0.3 is 0 Å². The van der Waals surface area contributed by atoms with E-state index in [1.807, 2.05) is 0 Å². The first-order chi connectivity index (χ1) is 15.9. The smallest absolute Gasteiger partial charge is 0.270 e. The number of nitro groups is 1. The van der Waals surface area contributed by atoms with Crippen LogP contribution in [0.15, 0.2) is 53.3 Å². The maximum Gasteiger partial charge on any atom is 0.270 e. The maximum atomic E-state index is 13.3. The molecule has 0 fully saturated rings. The molecule has 0 saturated heterocycles. The Labute approximate surface area is 183 Å². The summed E-state index contributed by atoms with van der Waals surface area (Å²) in [6, 6.07) is 8.46. The second-order valence-electron chi connectivity index (χ2n) is 7.11. The predicted octanol–water partition coefficient (Wildman–Crippen LogP) is 3.26. The molecular formula is C21H14N6O6. The van der Waals surface area contributed by atoms with Gasteiger partial charge in [-0.05, 0) is 19.1 Å². The lowest BCUT2D eigenvalue weighted by molar-refractivity contribution is -0.384. The number of ketones is 1. The zero-order valence-electron chi connectivity index (χ0n) is 16.9. The third-order valence-corrected chi connectivity index (χ3v) is 5.08. The highest BCUT2D eigenvalue weighted by Crippen LogP contribution is 2.45. The molecular weight excluding hydrogens is 432 g/mol. The summed E-state index contributed by atoms with van der Waals surface area (Å²) in [5, 5.41) is 40.1. The molecule has 0 atom stereocenters. The number of carbonyl (C=O) groups is 1. The molecule has 33 heavy (non-hydrogen) atoms. The molecule has 4 heterocycles. The zero-order chi connectivity index (χ0) is 23.3. The number of aromatic nitrogens is 5. The lowest BCUT2D eigenvalue weighted by atomic mass is 10.0. The number of aromatic amines is 1. The van der Waals surface area contributed by atoms with E-state index in [4.69, 9.17) is 4.42 Å². The fourth-order valence-corrected chi connectivity index (χ4v) is 3.62. The Bertz CT molecular complexity index is 1560. The molecule has 164 valence electrons. The van der Waals surface area contributed by atoms with Gasteiger partial charge in [0.15, 0.2) is 23.0 Å². The number of nitrogens with one attached hydrogen (secondary N) is 1. The van der Waals surface area contributed by atoms with Crippen LogP contribution in [0.5, 0.6) is 11.6 Å². The number of nitro benzene ring substituents is 1. The summed E-state index contributed by atoms with van der Waals surface area (Å²) in [6.45, 7) is 1.65. The summed E-state index contributed by atoms with van der Waals surface area (Å²) in [4.78, 5) is 32.4. The third-order valence-electron chi connectivity index (χ3n) is 5.08. The van der Waals surface area contributed by atoms with Crippen molar-refractivity contribution in [3.05, 3.63) is 76.1 Å². The Kier molecular flexibility index (Phi) is 4.41. The first-order valence-corrected chi connectivity index (χ1v) is 9.54. The predicted molar refractivity (Wildman–Crippen MR) is 113 cm³/mol. The normalized spacial score (nSPS) is 11.2. The first-order valence-electron chi connectivity index (χ1n) is 9.54. The summed E-state index contributed by atoms with van der Waals surface area (Å²) in [7, 11) is 0. The fraction of sp³-hybridized carbons (Fsp3) is 0.0476. The fourth-order valence-electron chi connectivity index (χ4n) is 3.62. The molecule has 1 aromatic carbocycles. The molecule has 0 aliphatic rings. The van der Waals surface area contributed by atoms with Crippen molar-refractivity contribution in [2.24, 2.45) is 0 Å². The Balaban J connectivity index is 1.87.